The normalized spacial score (nSPS) is 11.9. The first-order chi connectivity index (χ1) is 23.0. The summed E-state index contributed by atoms with van der Waals surface area (Å²) in [6.45, 7) is 0.630. The standard InChI is InChI=1S/C36H36N4O6Si2/c41-47(42,43)24-22-39-18-14-29(15-19-39)27-6-10-31(11-7-27)34-26-35(38-36(37-34)33-4-2-1-3-5-33)32-12-8-28(9-13-32)30-16-20-40(21-17-30)23-25-48(44,45)46/h1-21,26,41-46H,22-25H2/q+2. The van der Waals surface area contributed by atoms with Crippen molar-refractivity contribution in [1.82, 2.24) is 9.97 Å². The number of pyridine rings is 2. The van der Waals surface area contributed by atoms with E-state index in [0.717, 1.165) is 50.3 Å². The summed E-state index contributed by atoms with van der Waals surface area (Å²) in [5.41, 5.74) is 8.43. The van der Waals surface area contributed by atoms with Gasteiger partial charge < -0.3 is 28.8 Å². The predicted octanol–water partition coefficient (Wildman–Crippen LogP) is 3.22. The fourth-order valence-electron chi connectivity index (χ4n) is 5.28. The van der Waals surface area contributed by atoms with Crippen LogP contribution >= 0.6 is 0 Å². The molecule has 0 bridgehead atoms. The number of aryl methyl sites for hydroxylation is 2. The second-order valence-corrected chi connectivity index (χ2v) is 15.8. The molecule has 10 nitrogen and oxygen atoms in total. The van der Waals surface area contributed by atoms with E-state index in [4.69, 9.17) is 9.97 Å². The van der Waals surface area contributed by atoms with Crippen LogP contribution in [0.25, 0.3) is 56.2 Å². The maximum Gasteiger partial charge on any atom is 0.499 e. The molecule has 3 heterocycles. The Balaban J connectivity index is 1.25. The molecule has 48 heavy (non-hydrogen) atoms. The number of hydrogen-bond donors (Lipinski definition) is 6. The van der Waals surface area contributed by atoms with Crippen LogP contribution in [0.2, 0.25) is 12.1 Å². The van der Waals surface area contributed by atoms with E-state index in [2.05, 4.69) is 0 Å². The van der Waals surface area contributed by atoms with Crippen molar-refractivity contribution in [2.75, 3.05) is 0 Å². The van der Waals surface area contributed by atoms with Crippen LogP contribution in [-0.4, -0.2) is 56.4 Å². The van der Waals surface area contributed by atoms with Gasteiger partial charge in [0.05, 0.1) is 23.5 Å². The number of rotatable bonds is 11. The molecule has 0 amide bonds. The molecule has 6 rings (SSSR count). The van der Waals surface area contributed by atoms with Crippen LogP contribution in [0.4, 0.5) is 0 Å². The lowest BCUT2D eigenvalue weighted by molar-refractivity contribution is -0.694. The summed E-state index contributed by atoms with van der Waals surface area (Å²) in [5, 5.41) is 0. The molecular weight excluding hydrogens is 641 g/mol. The summed E-state index contributed by atoms with van der Waals surface area (Å²) >= 11 is 0. The topological polar surface area (TPSA) is 155 Å². The highest BCUT2D eigenvalue weighted by atomic mass is 28.4. The molecular formula is C36H36N4O6Si2+2. The Morgan fingerprint density at radius 3 is 1.15 bits per heavy atom. The minimum Gasteiger partial charge on any atom is -0.390 e. The summed E-state index contributed by atoms with van der Waals surface area (Å²) in [4.78, 5) is 65.7. The van der Waals surface area contributed by atoms with E-state index in [1.54, 1.807) is 9.13 Å². The van der Waals surface area contributed by atoms with Crippen molar-refractivity contribution >= 4 is 17.6 Å². The number of hydrogen-bond acceptors (Lipinski definition) is 8. The van der Waals surface area contributed by atoms with E-state index < -0.39 is 17.6 Å². The maximum atomic E-state index is 9.30. The van der Waals surface area contributed by atoms with Crippen molar-refractivity contribution in [3.63, 3.8) is 0 Å². The number of nitrogens with zero attached hydrogens (tertiary/aromatic N) is 4. The molecule has 0 atom stereocenters. The first-order valence-corrected chi connectivity index (χ1v) is 19.6. The highest BCUT2D eigenvalue weighted by Crippen LogP contribution is 2.30. The number of aromatic nitrogens is 4. The van der Waals surface area contributed by atoms with Crippen molar-refractivity contribution < 1.29 is 37.9 Å². The Kier molecular flexibility index (Phi) is 9.77. The lowest BCUT2D eigenvalue weighted by Crippen LogP contribution is -2.42. The zero-order valence-electron chi connectivity index (χ0n) is 26.0. The molecule has 0 aliphatic carbocycles. The van der Waals surface area contributed by atoms with Crippen LogP contribution in [0.3, 0.4) is 0 Å². The molecule has 0 saturated carbocycles. The van der Waals surface area contributed by atoms with Crippen molar-refractivity contribution in [3.8, 4) is 56.2 Å². The third-order valence-electron chi connectivity index (χ3n) is 7.98. The molecule has 6 aromatic rings. The third-order valence-corrected chi connectivity index (χ3v) is 9.77. The van der Waals surface area contributed by atoms with Gasteiger partial charge in [0.1, 0.15) is 0 Å². The van der Waals surface area contributed by atoms with Gasteiger partial charge in [0.2, 0.25) is 0 Å². The molecule has 0 saturated heterocycles. The zero-order valence-corrected chi connectivity index (χ0v) is 28.0. The average molecular weight is 677 g/mol. The van der Waals surface area contributed by atoms with Crippen LogP contribution in [0.15, 0.2) is 134 Å². The van der Waals surface area contributed by atoms with Gasteiger partial charge in [-0.05, 0) is 28.3 Å². The average Bonchev–Trinajstić information content (AvgIpc) is 3.10. The fraction of sp³-hybridized carbons (Fsp3) is 0.111. The quantitative estimate of drug-likeness (QED) is 0.0904. The summed E-state index contributed by atoms with van der Waals surface area (Å²) in [7, 11) is -8.16. The van der Waals surface area contributed by atoms with Crippen LogP contribution in [0, 0.1) is 0 Å². The Morgan fingerprint density at radius 1 is 0.417 bits per heavy atom. The minimum absolute atomic E-state index is 0.0671. The van der Waals surface area contributed by atoms with E-state index in [1.807, 2.05) is 134 Å². The Labute approximate surface area is 280 Å². The largest absolute Gasteiger partial charge is 0.499 e. The van der Waals surface area contributed by atoms with Crippen molar-refractivity contribution in [2.24, 2.45) is 0 Å². The van der Waals surface area contributed by atoms with E-state index >= 15 is 0 Å². The summed E-state index contributed by atoms with van der Waals surface area (Å²) in [6.07, 6.45) is 7.40. The van der Waals surface area contributed by atoms with Gasteiger partial charge in [-0.2, -0.15) is 0 Å². The maximum absolute atomic E-state index is 9.30. The molecule has 3 aromatic carbocycles. The van der Waals surface area contributed by atoms with E-state index in [-0.39, 0.29) is 12.1 Å². The first-order valence-electron chi connectivity index (χ1n) is 15.5. The van der Waals surface area contributed by atoms with Gasteiger partial charge in [0, 0.05) is 41.0 Å². The predicted molar refractivity (Wildman–Crippen MR) is 184 cm³/mol. The molecule has 0 aliphatic rings. The molecule has 3 aromatic heterocycles. The molecule has 0 fully saturated rings. The third kappa shape index (κ3) is 8.77. The second kappa shape index (κ2) is 14.2. The smallest absolute Gasteiger partial charge is 0.390 e. The van der Waals surface area contributed by atoms with Gasteiger partial charge in [-0.25, -0.2) is 19.1 Å². The molecule has 0 unspecified atom stereocenters. The second-order valence-electron chi connectivity index (χ2n) is 11.7. The summed E-state index contributed by atoms with van der Waals surface area (Å²) < 4.78 is 3.61. The van der Waals surface area contributed by atoms with Gasteiger partial charge in [-0.3, -0.25) is 0 Å². The Morgan fingerprint density at radius 2 is 0.771 bits per heavy atom. The van der Waals surface area contributed by atoms with Gasteiger partial charge in [0.15, 0.2) is 43.7 Å². The van der Waals surface area contributed by atoms with E-state index in [1.165, 1.54) is 0 Å². The van der Waals surface area contributed by atoms with Gasteiger partial charge >= 0.3 is 17.6 Å². The van der Waals surface area contributed by atoms with E-state index in [0.29, 0.717) is 18.9 Å². The zero-order chi connectivity index (χ0) is 33.7. The van der Waals surface area contributed by atoms with Gasteiger partial charge in [-0.1, -0.05) is 78.9 Å². The van der Waals surface area contributed by atoms with Crippen molar-refractivity contribution in [1.29, 1.82) is 0 Å². The highest BCUT2D eigenvalue weighted by Gasteiger charge is 2.29. The molecule has 242 valence electrons. The van der Waals surface area contributed by atoms with Gasteiger partial charge in [-0.15, -0.1) is 0 Å². The summed E-state index contributed by atoms with van der Waals surface area (Å²) in [6, 6.07) is 35.9. The van der Waals surface area contributed by atoms with Crippen LogP contribution < -0.4 is 9.13 Å². The van der Waals surface area contributed by atoms with Crippen LogP contribution in [0.1, 0.15) is 0 Å². The van der Waals surface area contributed by atoms with Crippen molar-refractivity contribution in [2.45, 2.75) is 25.2 Å². The number of benzene rings is 3. The minimum atomic E-state index is -4.08. The molecule has 0 aliphatic heterocycles. The Bertz CT molecular complexity index is 1840. The highest BCUT2D eigenvalue weighted by molar-refractivity contribution is 6.56. The Hall–Kier alpha value is -4.77. The van der Waals surface area contributed by atoms with Gasteiger partial charge in [0.25, 0.3) is 0 Å². The lowest BCUT2D eigenvalue weighted by Gasteiger charge is -2.11. The first kappa shape index (κ1) is 33.1. The van der Waals surface area contributed by atoms with Crippen LogP contribution in [0.5, 0.6) is 0 Å². The molecule has 12 heteroatoms. The molecule has 0 spiro atoms. The van der Waals surface area contributed by atoms with Crippen LogP contribution in [-0.2, 0) is 13.1 Å². The molecule has 6 N–H and O–H groups in total. The fourth-order valence-corrected chi connectivity index (χ4v) is 6.40. The van der Waals surface area contributed by atoms with Crippen molar-refractivity contribution in [3.05, 3.63) is 134 Å². The SMILES string of the molecule is O[Si](O)(O)CC[n+]1ccc(-c2ccc(-c3cc(-c4ccc(-c5cc[n+](CC[Si](O)(O)O)cc5)cc4)nc(-c4ccccc4)n3)cc2)cc1. The lowest BCUT2D eigenvalue weighted by atomic mass is 10.0. The summed E-state index contributed by atoms with van der Waals surface area (Å²) in [5.74, 6) is 0.623. The monoisotopic (exact) mass is 676 g/mol. The molecule has 0 radical (unpaired) electrons. The van der Waals surface area contributed by atoms with E-state index in [9.17, 15) is 28.8 Å².